The van der Waals surface area contributed by atoms with Crippen LogP contribution in [0.3, 0.4) is 0 Å². The highest BCUT2D eigenvalue weighted by Crippen LogP contribution is 2.43. The van der Waals surface area contributed by atoms with Crippen molar-refractivity contribution >= 4 is 17.7 Å². The molecular formula is C31H37N5O3. The van der Waals surface area contributed by atoms with Crippen LogP contribution in [-0.2, 0) is 15.0 Å². The van der Waals surface area contributed by atoms with Gasteiger partial charge in [0.25, 0.3) is 0 Å². The summed E-state index contributed by atoms with van der Waals surface area (Å²) < 4.78 is 12.9. The second-order valence-electron chi connectivity index (χ2n) is 11.2. The lowest BCUT2D eigenvalue weighted by molar-refractivity contribution is 0.0377. The third-order valence-electron chi connectivity index (χ3n) is 7.22. The van der Waals surface area contributed by atoms with E-state index < -0.39 is 11.1 Å². The molecule has 2 N–H and O–H groups in total. The molecule has 8 heteroatoms. The van der Waals surface area contributed by atoms with Gasteiger partial charge in [0.2, 0.25) is 5.78 Å². The molecule has 5 rings (SSSR count). The minimum Gasteiger partial charge on any atom is -0.444 e. The molecule has 8 nitrogen and oxygen atoms in total. The molecule has 2 aromatic carbocycles. The number of methoxy groups -OCH3 is 1. The summed E-state index contributed by atoms with van der Waals surface area (Å²) in [4.78, 5) is 22.2. The van der Waals surface area contributed by atoms with E-state index >= 15 is 0 Å². The number of anilines is 1. The van der Waals surface area contributed by atoms with Gasteiger partial charge < -0.3 is 20.1 Å². The summed E-state index contributed by atoms with van der Waals surface area (Å²) in [5.74, 6) is 1.54. The van der Waals surface area contributed by atoms with Crippen molar-refractivity contribution < 1.29 is 14.3 Å². The Labute approximate surface area is 229 Å². The lowest BCUT2D eigenvalue weighted by Gasteiger charge is -2.43. The molecule has 0 aliphatic heterocycles. The molecule has 0 bridgehead atoms. The first-order valence-electron chi connectivity index (χ1n) is 13.5. The fraction of sp³-hybridized carbons (Fsp3) is 0.387. The Balaban J connectivity index is 1.58. The summed E-state index contributed by atoms with van der Waals surface area (Å²) in [6.45, 7) is 8.96. The van der Waals surface area contributed by atoms with Crippen LogP contribution >= 0.6 is 0 Å². The van der Waals surface area contributed by atoms with Crippen LogP contribution in [0.4, 0.5) is 10.6 Å². The molecule has 0 saturated heterocycles. The highest BCUT2D eigenvalue weighted by molar-refractivity contribution is 5.91. The summed E-state index contributed by atoms with van der Waals surface area (Å²) in [6, 6.07) is 16.7. The molecule has 2 heterocycles. The molecule has 2 aromatic heterocycles. The number of rotatable bonds is 8. The molecule has 39 heavy (non-hydrogen) atoms. The maximum absolute atomic E-state index is 12.6. The van der Waals surface area contributed by atoms with Crippen LogP contribution in [0.15, 0.2) is 60.9 Å². The van der Waals surface area contributed by atoms with Gasteiger partial charge in [-0.3, -0.25) is 4.40 Å². The van der Waals surface area contributed by atoms with E-state index in [1.54, 1.807) is 13.3 Å². The minimum absolute atomic E-state index is 0.383. The van der Waals surface area contributed by atoms with Crippen LogP contribution in [0, 0.1) is 6.92 Å². The SMILES string of the molecule is COCCNc1c(-c2ccccc2C)c(-c2ccc(C3(NC(=O)OC(C)(C)C)CCC3)cc2)nc2nccn12. The highest BCUT2D eigenvalue weighted by Gasteiger charge is 2.41. The molecule has 1 fully saturated rings. The van der Waals surface area contributed by atoms with E-state index in [2.05, 4.69) is 65.0 Å². The van der Waals surface area contributed by atoms with Crippen molar-refractivity contribution in [3.05, 3.63) is 72.1 Å². The summed E-state index contributed by atoms with van der Waals surface area (Å²) in [5.41, 5.74) is 5.20. The normalized spacial score (nSPS) is 14.6. The smallest absolute Gasteiger partial charge is 0.408 e. The van der Waals surface area contributed by atoms with Crippen LogP contribution in [-0.4, -0.2) is 46.3 Å². The maximum atomic E-state index is 12.6. The quantitative estimate of drug-likeness (QED) is 0.260. The van der Waals surface area contributed by atoms with Crippen LogP contribution in [0.5, 0.6) is 0 Å². The fourth-order valence-electron chi connectivity index (χ4n) is 5.17. The zero-order valence-electron chi connectivity index (χ0n) is 23.4. The van der Waals surface area contributed by atoms with Crippen LogP contribution in [0.25, 0.3) is 28.2 Å². The third kappa shape index (κ3) is 5.47. The standard InChI is InChI=1S/C31H37N5O3/c1-21-9-6-7-10-24(21)25-26(34-28-33-17-19-36(28)27(25)32-18-20-38-5)22-11-13-23(14-12-22)31(15-8-16-31)35-29(37)39-30(2,3)4/h6-7,9-14,17,19,32H,8,15-16,18,20H2,1-5H3,(H,35,37). The monoisotopic (exact) mass is 527 g/mol. The van der Waals surface area contributed by atoms with Gasteiger partial charge in [-0.05, 0) is 63.6 Å². The van der Waals surface area contributed by atoms with E-state index in [9.17, 15) is 4.79 Å². The molecular weight excluding hydrogens is 490 g/mol. The Kier molecular flexibility index (Phi) is 7.32. The number of hydrogen-bond donors (Lipinski definition) is 2. The summed E-state index contributed by atoms with van der Waals surface area (Å²) in [5, 5.41) is 6.72. The predicted octanol–water partition coefficient (Wildman–Crippen LogP) is 6.33. The molecule has 1 aliphatic carbocycles. The Morgan fingerprint density at radius 1 is 1.10 bits per heavy atom. The average Bonchev–Trinajstić information content (AvgIpc) is 3.34. The summed E-state index contributed by atoms with van der Waals surface area (Å²) in [6.07, 6.45) is 6.13. The van der Waals surface area contributed by atoms with E-state index in [1.165, 1.54) is 0 Å². The molecule has 0 spiro atoms. The zero-order chi connectivity index (χ0) is 27.6. The predicted molar refractivity (Wildman–Crippen MR) is 154 cm³/mol. The molecule has 0 radical (unpaired) electrons. The number of nitrogens with one attached hydrogen (secondary N) is 2. The molecule has 204 valence electrons. The molecule has 1 aliphatic rings. The Hall–Kier alpha value is -3.91. The van der Waals surface area contributed by atoms with Crippen molar-refractivity contribution in [1.82, 2.24) is 19.7 Å². The number of alkyl carbamates (subject to hydrolysis) is 1. The van der Waals surface area contributed by atoms with Crippen molar-refractivity contribution in [2.75, 3.05) is 25.6 Å². The number of fused-ring (bicyclic) bond motifs is 1. The number of carbonyl (C=O) groups is 1. The highest BCUT2D eigenvalue weighted by atomic mass is 16.6. The van der Waals surface area contributed by atoms with E-state index in [-0.39, 0.29) is 6.09 Å². The minimum atomic E-state index is -0.545. The van der Waals surface area contributed by atoms with Gasteiger partial charge in [-0.15, -0.1) is 0 Å². The first-order chi connectivity index (χ1) is 18.7. The number of imidazole rings is 1. The van der Waals surface area contributed by atoms with Gasteiger partial charge in [-0.1, -0.05) is 48.5 Å². The van der Waals surface area contributed by atoms with E-state index in [1.807, 2.05) is 37.4 Å². The van der Waals surface area contributed by atoms with Gasteiger partial charge in [0.05, 0.1) is 17.8 Å². The van der Waals surface area contributed by atoms with Gasteiger partial charge >= 0.3 is 6.09 Å². The van der Waals surface area contributed by atoms with Crippen molar-refractivity contribution in [1.29, 1.82) is 0 Å². The van der Waals surface area contributed by atoms with Gasteiger partial charge in [0.1, 0.15) is 11.4 Å². The number of amides is 1. The van der Waals surface area contributed by atoms with Crippen LogP contribution in [0.1, 0.15) is 51.2 Å². The second-order valence-corrected chi connectivity index (χ2v) is 11.2. The zero-order valence-corrected chi connectivity index (χ0v) is 23.4. The van der Waals surface area contributed by atoms with Crippen molar-refractivity contribution in [3.8, 4) is 22.4 Å². The number of benzene rings is 2. The third-order valence-corrected chi connectivity index (χ3v) is 7.22. The Morgan fingerprint density at radius 3 is 2.49 bits per heavy atom. The number of aryl methyl sites for hydroxylation is 1. The van der Waals surface area contributed by atoms with Crippen molar-refractivity contribution in [3.63, 3.8) is 0 Å². The van der Waals surface area contributed by atoms with Crippen molar-refractivity contribution in [2.24, 2.45) is 0 Å². The summed E-state index contributed by atoms with van der Waals surface area (Å²) in [7, 11) is 1.70. The number of ether oxygens (including phenoxy) is 2. The fourth-order valence-corrected chi connectivity index (χ4v) is 5.17. The molecule has 0 atom stereocenters. The van der Waals surface area contributed by atoms with E-state index in [0.717, 1.165) is 58.6 Å². The number of aromatic nitrogens is 3. The molecule has 1 amide bonds. The molecule has 4 aromatic rings. The van der Waals surface area contributed by atoms with Crippen LogP contribution < -0.4 is 10.6 Å². The lowest BCUT2D eigenvalue weighted by Crippen LogP contribution is -2.52. The van der Waals surface area contributed by atoms with Gasteiger partial charge in [-0.25, -0.2) is 14.8 Å². The maximum Gasteiger partial charge on any atom is 0.408 e. The number of nitrogens with zero attached hydrogens (tertiary/aromatic N) is 3. The largest absolute Gasteiger partial charge is 0.444 e. The first kappa shape index (κ1) is 26.7. The average molecular weight is 528 g/mol. The molecule has 1 saturated carbocycles. The first-order valence-corrected chi connectivity index (χ1v) is 13.5. The van der Waals surface area contributed by atoms with E-state index in [4.69, 9.17) is 14.5 Å². The number of carbonyl (C=O) groups excluding carboxylic acids is 1. The topological polar surface area (TPSA) is 89.8 Å². The van der Waals surface area contributed by atoms with Gasteiger partial charge in [-0.2, -0.15) is 0 Å². The van der Waals surface area contributed by atoms with Gasteiger partial charge in [0.15, 0.2) is 0 Å². The number of hydrogen-bond acceptors (Lipinski definition) is 6. The van der Waals surface area contributed by atoms with E-state index in [0.29, 0.717) is 18.9 Å². The van der Waals surface area contributed by atoms with Crippen LogP contribution in [0.2, 0.25) is 0 Å². The van der Waals surface area contributed by atoms with Gasteiger partial charge in [0, 0.05) is 37.2 Å². The lowest BCUT2D eigenvalue weighted by atomic mass is 9.71. The Bertz CT molecular complexity index is 1470. The summed E-state index contributed by atoms with van der Waals surface area (Å²) >= 11 is 0. The molecule has 0 unspecified atom stereocenters. The van der Waals surface area contributed by atoms with Crippen molar-refractivity contribution in [2.45, 2.75) is 58.1 Å². The Morgan fingerprint density at radius 2 is 1.85 bits per heavy atom. The second kappa shape index (κ2) is 10.7.